The third-order valence-corrected chi connectivity index (χ3v) is 5.50. The Labute approximate surface area is 119 Å². The predicted molar refractivity (Wildman–Crippen MR) is 76.9 cm³/mol. The van der Waals surface area contributed by atoms with Gasteiger partial charge in [0.2, 0.25) is 0 Å². The normalized spacial score (nSPS) is 30.8. The van der Waals surface area contributed by atoms with E-state index in [0.717, 1.165) is 29.7 Å². The van der Waals surface area contributed by atoms with Crippen molar-refractivity contribution in [3.8, 4) is 0 Å². The van der Waals surface area contributed by atoms with E-state index in [1.54, 1.807) is 12.1 Å². The van der Waals surface area contributed by atoms with Gasteiger partial charge in [-0.1, -0.05) is 18.0 Å². The number of hydrogen-bond acceptors (Lipinski definition) is 1. The highest BCUT2D eigenvalue weighted by atomic mass is 35.5. The second kappa shape index (κ2) is 5.41. The van der Waals surface area contributed by atoms with Gasteiger partial charge in [-0.2, -0.15) is 0 Å². The van der Waals surface area contributed by atoms with E-state index in [-0.39, 0.29) is 5.82 Å². The molecule has 104 valence electrons. The molecule has 0 saturated heterocycles. The maximum atomic E-state index is 13.3. The number of fused-ring (bicyclic) bond motifs is 2. The first-order valence-corrected chi connectivity index (χ1v) is 7.66. The van der Waals surface area contributed by atoms with Gasteiger partial charge >= 0.3 is 0 Å². The van der Waals surface area contributed by atoms with Crippen LogP contribution in [0.15, 0.2) is 18.2 Å². The molecule has 0 aromatic heterocycles. The Morgan fingerprint density at radius 1 is 1.37 bits per heavy atom. The monoisotopic (exact) mass is 281 g/mol. The molecule has 4 unspecified atom stereocenters. The quantitative estimate of drug-likeness (QED) is 0.878. The Bertz CT molecular complexity index is 462. The van der Waals surface area contributed by atoms with Gasteiger partial charge in [-0.05, 0) is 74.2 Å². The summed E-state index contributed by atoms with van der Waals surface area (Å²) < 4.78 is 13.3. The van der Waals surface area contributed by atoms with Crippen molar-refractivity contribution in [1.82, 2.24) is 5.32 Å². The van der Waals surface area contributed by atoms with Crippen molar-refractivity contribution in [3.63, 3.8) is 0 Å². The van der Waals surface area contributed by atoms with Gasteiger partial charge in [0.05, 0.1) is 0 Å². The van der Waals surface area contributed by atoms with E-state index in [1.807, 2.05) is 7.05 Å². The van der Waals surface area contributed by atoms with Crippen molar-refractivity contribution in [2.24, 2.45) is 17.8 Å². The standard InChI is InChI=1S/C16H21ClFN/c1-19-16(14-7-10-2-3-11(14)6-10)9-12-8-13(18)4-5-15(12)17/h4-5,8,10-11,14,16,19H,2-3,6-7,9H2,1H3. The highest BCUT2D eigenvalue weighted by Gasteiger charge is 2.42. The molecule has 2 fully saturated rings. The average Bonchev–Trinajstić information content (AvgIpc) is 3.02. The summed E-state index contributed by atoms with van der Waals surface area (Å²) >= 11 is 6.19. The van der Waals surface area contributed by atoms with Crippen LogP contribution in [0.5, 0.6) is 0 Å². The molecule has 2 bridgehead atoms. The number of nitrogens with one attached hydrogen (secondary N) is 1. The minimum atomic E-state index is -0.192. The van der Waals surface area contributed by atoms with E-state index in [9.17, 15) is 4.39 Å². The Morgan fingerprint density at radius 3 is 2.84 bits per heavy atom. The number of benzene rings is 1. The van der Waals surface area contributed by atoms with E-state index >= 15 is 0 Å². The van der Waals surface area contributed by atoms with E-state index in [1.165, 1.54) is 31.7 Å². The molecule has 1 aromatic carbocycles. The number of rotatable bonds is 4. The van der Waals surface area contributed by atoms with Crippen LogP contribution in [-0.4, -0.2) is 13.1 Å². The van der Waals surface area contributed by atoms with Gasteiger partial charge in [0, 0.05) is 11.1 Å². The molecule has 3 heteroatoms. The second-order valence-electron chi connectivity index (χ2n) is 6.17. The highest BCUT2D eigenvalue weighted by molar-refractivity contribution is 6.31. The fourth-order valence-corrected chi connectivity index (χ4v) is 4.39. The van der Waals surface area contributed by atoms with Gasteiger partial charge in [0.25, 0.3) is 0 Å². The highest BCUT2D eigenvalue weighted by Crippen LogP contribution is 2.50. The molecule has 2 saturated carbocycles. The summed E-state index contributed by atoms with van der Waals surface area (Å²) in [5.41, 5.74) is 0.934. The van der Waals surface area contributed by atoms with Crippen LogP contribution in [0.3, 0.4) is 0 Å². The first-order chi connectivity index (χ1) is 9.17. The van der Waals surface area contributed by atoms with Crippen molar-refractivity contribution < 1.29 is 4.39 Å². The molecule has 2 aliphatic carbocycles. The van der Waals surface area contributed by atoms with Crippen molar-refractivity contribution in [3.05, 3.63) is 34.6 Å². The first-order valence-electron chi connectivity index (χ1n) is 7.28. The minimum Gasteiger partial charge on any atom is -0.316 e. The van der Waals surface area contributed by atoms with Crippen LogP contribution < -0.4 is 5.32 Å². The zero-order valence-electron chi connectivity index (χ0n) is 11.3. The van der Waals surface area contributed by atoms with Gasteiger partial charge in [0.15, 0.2) is 0 Å². The van der Waals surface area contributed by atoms with E-state index in [4.69, 9.17) is 11.6 Å². The zero-order valence-corrected chi connectivity index (χ0v) is 12.1. The lowest BCUT2D eigenvalue weighted by Gasteiger charge is -2.30. The Hall–Kier alpha value is -0.600. The molecule has 0 heterocycles. The van der Waals surface area contributed by atoms with E-state index in [2.05, 4.69) is 5.32 Å². The molecule has 1 nitrogen and oxygen atoms in total. The fraction of sp³-hybridized carbons (Fsp3) is 0.625. The predicted octanol–water partition coefficient (Wildman–Crippen LogP) is 4.05. The van der Waals surface area contributed by atoms with Crippen LogP contribution in [0.25, 0.3) is 0 Å². The second-order valence-corrected chi connectivity index (χ2v) is 6.58. The summed E-state index contributed by atoms with van der Waals surface area (Å²) in [5, 5.41) is 4.13. The minimum absolute atomic E-state index is 0.192. The van der Waals surface area contributed by atoms with Gasteiger partial charge in [0.1, 0.15) is 5.82 Å². The smallest absolute Gasteiger partial charge is 0.123 e. The van der Waals surface area contributed by atoms with Gasteiger partial charge < -0.3 is 5.32 Å². The van der Waals surface area contributed by atoms with Gasteiger partial charge in [-0.3, -0.25) is 0 Å². The average molecular weight is 282 g/mol. The summed E-state index contributed by atoms with van der Waals surface area (Å²) in [7, 11) is 2.02. The van der Waals surface area contributed by atoms with Crippen molar-refractivity contribution in [1.29, 1.82) is 0 Å². The lowest BCUT2D eigenvalue weighted by atomic mass is 9.81. The third-order valence-electron chi connectivity index (χ3n) is 5.13. The van der Waals surface area contributed by atoms with Crippen LogP contribution in [-0.2, 0) is 6.42 Å². The van der Waals surface area contributed by atoms with Crippen LogP contribution in [0, 0.1) is 23.6 Å². The van der Waals surface area contributed by atoms with E-state index in [0.29, 0.717) is 11.1 Å². The van der Waals surface area contributed by atoms with Crippen LogP contribution >= 0.6 is 11.6 Å². The topological polar surface area (TPSA) is 12.0 Å². The largest absolute Gasteiger partial charge is 0.316 e. The van der Waals surface area contributed by atoms with Crippen molar-refractivity contribution in [2.45, 2.75) is 38.1 Å². The summed E-state index contributed by atoms with van der Waals surface area (Å²) in [6, 6.07) is 5.10. The summed E-state index contributed by atoms with van der Waals surface area (Å²) in [6.07, 6.45) is 6.37. The van der Waals surface area contributed by atoms with Crippen LogP contribution in [0.4, 0.5) is 4.39 Å². The maximum absolute atomic E-state index is 13.3. The molecule has 1 N–H and O–H groups in total. The Balaban J connectivity index is 1.74. The van der Waals surface area contributed by atoms with Crippen LogP contribution in [0.2, 0.25) is 5.02 Å². The molecular formula is C16H21ClFN. The van der Waals surface area contributed by atoms with Crippen molar-refractivity contribution in [2.75, 3.05) is 7.05 Å². The maximum Gasteiger partial charge on any atom is 0.123 e. The molecule has 3 rings (SSSR count). The Morgan fingerprint density at radius 2 is 2.21 bits per heavy atom. The number of likely N-dealkylation sites (N-methyl/N-ethyl adjacent to an activating group) is 1. The molecule has 4 atom stereocenters. The van der Waals surface area contributed by atoms with Gasteiger partial charge in [-0.25, -0.2) is 4.39 Å². The van der Waals surface area contributed by atoms with Gasteiger partial charge in [-0.15, -0.1) is 0 Å². The van der Waals surface area contributed by atoms with Crippen molar-refractivity contribution >= 4 is 11.6 Å². The molecule has 2 aliphatic rings. The summed E-state index contributed by atoms with van der Waals surface area (Å²) in [6.45, 7) is 0. The molecule has 0 spiro atoms. The lowest BCUT2D eigenvalue weighted by molar-refractivity contribution is 0.255. The Kier molecular flexibility index (Phi) is 3.81. The molecular weight excluding hydrogens is 261 g/mol. The van der Waals surface area contributed by atoms with E-state index < -0.39 is 0 Å². The summed E-state index contributed by atoms with van der Waals surface area (Å²) in [4.78, 5) is 0. The number of hydrogen-bond donors (Lipinski definition) is 1. The summed E-state index contributed by atoms with van der Waals surface area (Å²) in [5.74, 6) is 2.36. The molecule has 0 amide bonds. The SMILES string of the molecule is CNC(Cc1cc(F)ccc1Cl)C1CC2CCC1C2. The molecule has 0 aliphatic heterocycles. The van der Waals surface area contributed by atoms with Crippen LogP contribution in [0.1, 0.15) is 31.2 Å². The third kappa shape index (κ3) is 2.66. The molecule has 1 aromatic rings. The number of halogens is 2. The zero-order chi connectivity index (χ0) is 13.4. The fourth-order valence-electron chi connectivity index (χ4n) is 4.19. The first kappa shape index (κ1) is 13.4. The molecule has 19 heavy (non-hydrogen) atoms. The molecule has 0 radical (unpaired) electrons. The lowest BCUT2D eigenvalue weighted by Crippen LogP contribution is -2.38.